The Morgan fingerprint density at radius 3 is 2.32 bits per heavy atom. The van der Waals surface area contributed by atoms with Gasteiger partial charge >= 0.3 is 0 Å². The van der Waals surface area contributed by atoms with Gasteiger partial charge in [-0.1, -0.05) is 24.3 Å². The fourth-order valence-corrected chi connectivity index (χ4v) is 7.55. The summed E-state index contributed by atoms with van der Waals surface area (Å²) >= 11 is 0. The number of likely N-dealkylation sites (tertiary alicyclic amines) is 1. The number of carbonyl (C=O) groups excluding carboxylic acids is 1. The summed E-state index contributed by atoms with van der Waals surface area (Å²) in [5, 5.41) is 10.9. The minimum absolute atomic E-state index is 0.204. The molecule has 7 atom stereocenters. The third kappa shape index (κ3) is 2.05. The molecule has 3 heteroatoms. The molecule has 1 N–H and O–H groups in total. The van der Waals surface area contributed by atoms with Gasteiger partial charge in [-0.05, 0) is 79.7 Å². The van der Waals surface area contributed by atoms with E-state index in [9.17, 15) is 9.90 Å². The summed E-state index contributed by atoms with van der Waals surface area (Å²) in [5.41, 5.74) is 2.44. The molecule has 1 aromatic carbocycles. The van der Waals surface area contributed by atoms with Crippen LogP contribution in [0.1, 0.15) is 43.2 Å². The van der Waals surface area contributed by atoms with Crippen LogP contribution in [0.3, 0.4) is 0 Å². The third-order valence-corrected chi connectivity index (χ3v) is 8.19. The Morgan fingerprint density at radius 2 is 1.64 bits per heavy atom. The number of benzene rings is 1. The van der Waals surface area contributed by atoms with Crippen molar-refractivity contribution in [3.8, 4) is 0 Å². The average Bonchev–Trinajstić information content (AvgIpc) is 2.87. The molecule has 3 unspecified atom stereocenters. The zero-order valence-corrected chi connectivity index (χ0v) is 14.7. The summed E-state index contributed by atoms with van der Waals surface area (Å²) in [4.78, 5) is 15.6. The molecule has 1 aromatic rings. The van der Waals surface area contributed by atoms with Gasteiger partial charge in [0.2, 0.25) is 5.91 Å². The van der Waals surface area contributed by atoms with Crippen molar-refractivity contribution in [3.05, 3.63) is 35.4 Å². The van der Waals surface area contributed by atoms with Crippen molar-refractivity contribution < 1.29 is 9.90 Å². The fourth-order valence-electron chi connectivity index (χ4n) is 7.55. The van der Waals surface area contributed by atoms with Crippen molar-refractivity contribution in [1.82, 2.24) is 4.90 Å². The molecule has 0 aromatic heterocycles. The minimum atomic E-state index is -0.404. The first-order valence-corrected chi connectivity index (χ1v) is 10.2. The van der Waals surface area contributed by atoms with Crippen molar-refractivity contribution in [3.63, 3.8) is 0 Å². The molecular weight excluding hydrogens is 310 g/mol. The molecule has 0 radical (unpaired) electrons. The zero-order chi connectivity index (χ0) is 16.8. The summed E-state index contributed by atoms with van der Waals surface area (Å²) in [7, 11) is 0. The number of hydrogen-bond acceptors (Lipinski definition) is 2. The van der Waals surface area contributed by atoms with Gasteiger partial charge < -0.3 is 10.0 Å². The number of amides is 1. The maximum absolute atomic E-state index is 13.3. The smallest absolute Gasteiger partial charge is 0.226 e. The van der Waals surface area contributed by atoms with Crippen molar-refractivity contribution in [1.29, 1.82) is 0 Å². The molecule has 3 nitrogen and oxygen atoms in total. The lowest BCUT2D eigenvalue weighted by atomic mass is 9.52. The second kappa shape index (κ2) is 4.88. The highest BCUT2D eigenvalue weighted by Crippen LogP contribution is 2.58. The topological polar surface area (TPSA) is 40.5 Å². The summed E-state index contributed by atoms with van der Waals surface area (Å²) in [6.45, 7) is 0.957. The maximum Gasteiger partial charge on any atom is 0.226 e. The normalized spacial score (nSPS) is 47.1. The summed E-state index contributed by atoms with van der Waals surface area (Å²) in [6.07, 6.45) is 7.36. The van der Waals surface area contributed by atoms with E-state index in [0.29, 0.717) is 35.6 Å². The van der Waals surface area contributed by atoms with E-state index in [-0.39, 0.29) is 5.92 Å². The first-order valence-electron chi connectivity index (χ1n) is 10.2. The molecule has 1 saturated heterocycles. The monoisotopic (exact) mass is 337 g/mol. The molecule has 4 saturated carbocycles. The standard InChI is InChI=1S/C22H27NO2/c24-21-19-8-15-4-2-1-3-14(15)7-18(19)12-23(21)20-16-5-13-6-17(20)11-22(25,9-13)10-16/h1-4,13,16-20,25H,5-12H2/t13?,16-,17+,18-,19-,20?,22?/m1/s1. The molecule has 1 amide bonds. The number of aliphatic hydroxyl groups is 1. The second-order valence-corrected chi connectivity index (χ2v) is 9.72. The molecule has 132 valence electrons. The Labute approximate surface area is 149 Å². The molecule has 7 rings (SSSR count). The molecule has 25 heavy (non-hydrogen) atoms. The number of rotatable bonds is 1. The molecule has 6 aliphatic rings. The van der Waals surface area contributed by atoms with Gasteiger partial charge in [-0.3, -0.25) is 4.79 Å². The molecule has 5 aliphatic carbocycles. The van der Waals surface area contributed by atoms with Crippen LogP contribution in [0.4, 0.5) is 0 Å². The van der Waals surface area contributed by atoms with Gasteiger partial charge in [-0.2, -0.15) is 0 Å². The van der Waals surface area contributed by atoms with Gasteiger partial charge in [-0.15, -0.1) is 0 Å². The number of nitrogens with zero attached hydrogens (tertiary/aromatic N) is 1. The van der Waals surface area contributed by atoms with Gasteiger partial charge in [-0.25, -0.2) is 0 Å². The Kier molecular flexibility index (Phi) is 2.88. The van der Waals surface area contributed by atoms with Crippen LogP contribution in [0, 0.1) is 29.6 Å². The Hall–Kier alpha value is -1.35. The van der Waals surface area contributed by atoms with Crippen LogP contribution in [0.2, 0.25) is 0 Å². The van der Waals surface area contributed by atoms with E-state index in [0.717, 1.165) is 38.6 Å². The van der Waals surface area contributed by atoms with E-state index < -0.39 is 5.60 Å². The van der Waals surface area contributed by atoms with Crippen molar-refractivity contribution >= 4 is 5.91 Å². The Morgan fingerprint density at radius 1 is 0.960 bits per heavy atom. The average molecular weight is 337 g/mol. The highest BCUT2D eigenvalue weighted by molar-refractivity contribution is 5.82. The van der Waals surface area contributed by atoms with Crippen LogP contribution in [0.25, 0.3) is 0 Å². The summed E-state index contributed by atoms with van der Waals surface area (Å²) in [5.74, 6) is 2.93. The van der Waals surface area contributed by atoms with E-state index in [1.54, 1.807) is 0 Å². The number of fused-ring (bicyclic) bond motifs is 2. The Balaban J connectivity index is 1.29. The highest BCUT2D eigenvalue weighted by Gasteiger charge is 2.58. The van der Waals surface area contributed by atoms with Gasteiger partial charge in [0.1, 0.15) is 0 Å². The maximum atomic E-state index is 13.3. The van der Waals surface area contributed by atoms with Gasteiger partial charge in [0.15, 0.2) is 0 Å². The van der Waals surface area contributed by atoms with E-state index in [2.05, 4.69) is 29.2 Å². The second-order valence-electron chi connectivity index (χ2n) is 9.72. The molecule has 4 bridgehead atoms. The number of hydrogen-bond donors (Lipinski definition) is 1. The number of carbonyl (C=O) groups is 1. The molecule has 1 aliphatic heterocycles. The van der Waals surface area contributed by atoms with E-state index in [1.807, 2.05) is 0 Å². The fraction of sp³-hybridized carbons (Fsp3) is 0.682. The molecule has 0 spiro atoms. The van der Waals surface area contributed by atoms with Gasteiger partial charge in [0, 0.05) is 18.5 Å². The lowest BCUT2D eigenvalue weighted by molar-refractivity contribution is -0.168. The van der Waals surface area contributed by atoms with Crippen LogP contribution >= 0.6 is 0 Å². The van der Waals surface area contributed by atoms with Gasteiger partial charge in [0.05, 0.1) is 5.60 Å². The van der Waals surface area contributed by atoms with E-state index in [1.165, 1.54) is 24.0 Å². The van der Waals surface area contributed by atoms with Crippen LogP contribution < -0.4 is 0 Å². The first kappa shape index (κ1) is 14.8. The van der Waals surface area contributed by atoms with Crippen LogP contribution in [0.5, 0.6) is 0 Å². The quantitative estimate of drug-likeness (QED) is 0.856. The first-order chi connectivity index (χ1) is 12.1. The molecule has 5 fully saturated rings. The lowest BCUT2D eigenvalue weighted by Crippen LogP contribution is -2.62. The van der Waals surface area contributed by atoms with Crippen molar-refractivity contribution in [2.24, 2.45) is 29.6 Å². The molecular formula is C22H27NO2. The van der Waals surface area contributed by atoms with Crippen molar-refractivity contribution in [2.45, 2.75) is 56.6 Å². The van der Waals surface area contributed by atoms with Crippen LogP contribution in [-0.4, -0.2) is 34.1 Å². The lowest BCUT2D eigenvalue weighted by Gasteiger charge is -2.59. The van der Waals surface area contributed by atoms with Crippen LogP contribution in [-0.2, 0) is 17.6 Å². The SMILES string of the molecule is O=C1[C@@H]2Cc3ccccc3C[C@@H]2CN1C1[C@@H]2CC3C[C@H]1CC(O)(C3)C2. The van der Waals surface area contributed by atoms with E-state index in [4.69, 9.17) is 0 Å². The Bertz CT molecular complexity index is 727. The largest absolute Gasteiger partial charge is 0.390 e. The predicted molar refractivity (Wildman–Crippen MR) is 94.8 cm³/mol. The third-order valence-electron chi connectivity index (χ3n) is 8.19. The van der Waals surface area contributed by atoms with Crippen molar-refractivity contribution in [2.75, 3.05) is 6.54 Å². The van der Waals surface area contributed by atoms with Gasteiger partial charge in [0.25, 0.3) is 0 Å². The highest BCUT2D eigenvalue weighted by atomic mass is 16.3. The van der Waals surface area contributed by atoms with Crippen LogP contribution in [0.15, 0.2) is 24.3 Å². The zero-order valence-electron chi connectivity index (χ0n) is 14.7. The van der Waals surface area contributed by atoms with E-state index >= 15 is 0 Å². The summed E-state index contributed by atoms with van der Waals surface area (Å²) in [6, 6.07) is 9.11. The predicted octanol–water partition coefficient (Wildman–Crippen LogP) is 2.80. The summed E-state index contributed by atoms with van der Waals surface area (Å²) < 4.78 is 0. The minimum Gasteiger partial charge on any atom is -0.390 e. The molecule has 1 heterocycles.